The minimum Gasteiger partial charge on any atom is -0.489 e. The number of aromatic nitrogens is 1. The summed E-state index contributed by atoms with van der Waals surface area (Å²) in [5, 5.41) is 24.8. The normalized spacial score (nSPS) is 16.5. The number of carboxylic acids is 1. The van der Waals surface area contributed by atoms with Crippen LogP contribution in [0.25, 0.3) is 0 Å². The Labute approximate surface area is 252 Å². The number of benzene rings is 2. The number of allylic oxidation sites excluding steroid dienone is 1. The summed E-state index contributed by atoms with van der Waals surface area (Å²) in [4.78, 5) is 23.2. The lowest BCUT2D eigenvalue weighted by Crippen LogP contribution is -2.59. The second-order valence-electron chi connectivity index (χ2n) is 10.1. The number of aromatic carboxylic acids is 1. The van der Waals surface area contributed by atoms with Gasteiger partial charge in [-0.25, -0.2) is 9.78 Å². The molecule has 0 unspecified atom stereocenters. The van der Waals surface area contributed by atoms with Crippen LogP contribution in [-0.2, 0) is 10.3 Å². The summed E-state index contributed by atoms with van der Waals surface area (Å²) in [5.74, 6) is 1.06. The molecule has 0 atom stereocenters. The highest BCUT2D eigenvalue weighted by molar-refractivity contribution is 6.38. The number of hydrogen-bond donors (Lipinski definition) is 1. The van der Waals surface area contributed by atoms with Gasteiger partial charge in [0.15, 0.2) is 0 Å². The lowest BCUT2D eigenvalue weighted by Gasteiger charge is -2.47. The van der Waals surface area contributed by atoms with Crippen molar-refractivity contribution in [2.45, 2.75) is 25.2 Å². The minimum atomic E-state index is -1.03. The summed E-state index contributed by atoms with van der Waals surface area (Å²) in [6.45, 7) is 2.88. The van der Waals surface area contributed by atoms with Crippen LogP contribution in [0.5, 0.6) is 5.75 Å². The predicted molar refractivity (Wildman–Crippen MR) is 158 cm³/mol. The number of pyridine rings is 1. The summed E-state index contributed by atoms with van der Waals surface area (Å²) in [6, 6.07) is 15.8. The lowest BCUT2D eigenvalue weighted by molar-refractivity contribution is 0.0696. The average molecular weight is 612 g/mol. The highest BCUT2D eigenvalue weighted by atomic mass is 35.5. The predicted octanol–water partition coefficient (Wildman–Crippen LogP) is 7.14. The zero-order valence-corrected chi connectivity index (χ0v) is 24.2. The fourth-order valence-corrected chi connectivity index (χ4v) is 5.49. The average Bonchev–Trinajstić information content (AvgIpc) is 3.77. The van der Waals surface area contributed by atoms with Crippen molar-refractivity contribution >= 4 is 52.8 Å². The Bertz CT molecular complexity index is 1570. The zero-order valence-electron chi connectivity index (χ0n) is 22.0. The van der Waals surface area contributed by atoms with Gasteiger partial charge in [0.2, 0.25) is 0 Å². The van der Waals surface area contributed by atoms with Crippen LogP contribution in [0.15, 0.2) is 71.2 Å². The zero-order chi connectivity index (χ0) is 29.1. The van der Waals surface area contributed by atoms with Gasteiger partial charge >= 0.3 is 5.97 Å². The smallest absolute Gasteiger partial charge is 0.335 e. The van der Waals surface area contributed by atoms with Crippen molar-refractivity contribution in [3.05, 3.63) is 97.8 Å². The second kappa shape index (κ2) is 12.0. The first-order valence-corrected chi connectivity index (χ1v) is 14.0. The van der Waals surface area contributed by atoms with Crippen molar-refractivity contribution in [3.8, 4) is 11.8 Å². The first kappa shape index (κ1) is 28.7. The molecular formula is C30H25Cl3N4O4. The van der Waals surface area contributed by atoms with Gasteiger partial charge in [-0.1, -0.05) is 52.1 Å². The van der Waals surface area contributed by atoms with Crippen LogP contribution >= 0.6 is 34.8 Å². The number of hydrogen-bond acceptors (Lipinski definition) is 7. The Morgan fingerprint density at radius 2 is 1.90 bits per heavy atom. The van der Waals surface area contributed by atoms with Gasteiger partial charge in [-0.15, -0.1) is 0 Å². The quantitative estimate of drug-likeness (QED) is 0.148. The molecule has 0 radical (unpaired) electrons. The van der Waals surface area contributed by atoms with Crippen molar-refractivity contribution in [1.29, 1.82) is 5.26 Å². The van der Waals surface area contributed by atoms with Crippen LogP contribution < -0.4 is 9.64 Å². The topological polar surface area (TPSA) is 108 Å². The maximum Gasteiger partial charge on any atom is 0.335 e. The Morgan fingerprint density at radius 3 is 2.54 bits per heavy atom. The molecule has 5 rings (SSSR count). The van der Waals surface area contributed by atoms with Crippen LogP contribution in [0.1, 0.15) is 41.3 Å². The number of carboxylic acid groups (broad SMARTS) is 1. The lowest BCUT2D eigenvalue weighted by atomic mass is 9.75. The van der Waals surface area contributed by atoms with Gasteiger partial charge < -0.3 is 19.6 Å². The molecule has 1 saturated heterocycles. The van der Waals surface area contributed by atoms with E-state index >= 15 is 0 Å². The number of nitriles is 1. The molecule has 1 aromatic heterocycles. The molecule has 2 fully saturated rings. The van der Waals surface area contributed by atoms with E-state index in [0.29, 0.717) is 50.9 Å². The molecule has 0 amide bonds. The van der Waals surface area contributed by atoms with E-state index in [1.54, 1.807) is 36.4 Å². The second-order valence-corrected chi connectivity index (χ2v) is 11.3. The number of nitrogens with zero attached hydrogens (tertiary/aromatic N) is 4. The number of anilines is 1. The van der Waals surface area contributed by atoms with Gasteiger partial charge in [-0.05, 0) is 61.7 Å². The van der Waals surface area contributed by atoms with Gasteiger partial charge in [-0.2, -0.15) is 5.26 Å². The fourth-order valence-electron chi connectivity index (χ4n) is 4.65. The Hall–Kier alpha value is -3.77. The molecule has 0 bridgehead atoms. The van der Waals surface area contributed by atoms with Crippen molar-refractivity contribution in [2.24, 2.45) is 11.1 Å². The van der Waals surface area contributed by atoms with Gasteiger partial charge in [0, 0.05) is 41.4 Å². The maximum absolute atomic E-state index is 11.3. The van der Waals surface area contributed by atoms with E-state index < -0.39 is 11.4 Å². The minimum absolute atomic E-state index is 0.139. The summed E-state index contributed by atoms with van der Waals surface area (Å²) in [5.41, 5.74) is 1.46. The number of rotatable bonds is 10. The third-order valence-electron chi connectivity index (χ3n) is 7.06. The maximum atomic E-state index is 11.3. The molecule has 1 N–H and O–H groups in total. The van der Waals surface area contributed by atoms with E-state index in [2.05, 4.69) is 16.2 Å². The van der Waals surface area contributed by atoms with Gasteiger partial charge in [0.1, 0.15) is 29.3 Å². The molecule has 1 aliphatic heterocycles. The molecule has 210 valence electrons. The monoisotopic (exact) mass is 610 g/mol. The molecule has 1 aliphatic carbocycles. The summed E-state index contributed by atoms with van der Waals surface area (Å²) in [7, 11) is 0. The van der Waals surface area contributed by atoms with Crippen LogP contribution in [-0.4, -0.2) is 42.0 Å². The van der Waals surface area contributed by atoms with Gasteiger partial charge in [0.05, 0.1) is 27.9 Å². The van der Waals surface area contributed by atoms with Crippen LogP contribution in [0, 0.1) is 17.2 Å². The molecule has 41 heavy (non-hydrogen) atoms. The van der Waals surface area contributed by atoms with Crippen molar-refractivity contribution in [2.75, 3.05) is 24.6 Å². The molecule has 2 aromatic carbocycles. The summed E-state index contributed by atoms with van der Waals surface area (Å²) >= 11 is 19.1. The van der Waals surface area contributed by atoms with Crippen molar-refractivity contribution < 1.29 is 19.5 Å². The highest BCUT2D eigenvalue weighted by Crippen LogP contribution is 2.42. The number of halogens is 3. The van der Waals surface area contributed by atoms with Crippen LogP contribution in [0.3, 0.4) is 0 Å². The molecule has 0 spiro atoms. The SMILES string of the molecule is C/C(COc1ccc(C2(C#N)CN(c3cc(C(=O)O)ccn3)C2)c(Cl)c1)=C(\O/N=C/c1c(Cl)cccc1Cl)C1CC1. The Morgan fingerprint density at radius 1 is 1.17 bits per heavy atom. The first-order chi connectivity index (χ1) is 19.7. The standard InChI is InChI=1S/C30H25Cl3N4O4/c1-18(28(19-5-6-19)41-36-13-22-24(31)3-2-4-25(22)32)14-40-21-7-8-23(26(33)12-21)30(15-34)16-37(17-30)27-11-20(29(38)39)9-10-35-27/h2-4,7-13,19H,5-6,14,16-17H2,1H3,(H,38,39)/b28-18+,36-13+. The number of carbonyl (C=O) groups is 1. The Kier molecular flexibility index (Phi) is 8.41. The number of ether oxygens (including phenoxy) is 1. The van der Waals surface area contributed by atoms with Gasteiger partial charge in [-0.3, -0.25) is 0 Å². The third kappa shape index (κ3) is 6.28. The summed E-state index contributed by atoms with van der Waals surface area (Å²) in [6.07, 6.45) is 4.98. The van der Waals surface area contributed by atoms with E-state index in [4.69, 9.17) is 44.4 Å². The third-order valence-corrected chi connectivity index (χ3v) is 8.04. The van der Waals surface area contributed by atoms with Gasteiger partial charge in [0.25, 0.3) is 0 Å². The molecule has 2 heterocycles. The van der Waals surface area contributed by atoms with E-state index in [1.165, 1.54) is 24.5 Å². The van der Waals surface area contributed by atoms with E-state index in [-0.39, 0.29) is 18.1 Å². The highest BCUT2D eigenvalue weighted by Gasteiger charge is 2.47. The van der Waals surface area contributed by atoms with Crippen molar-refractivity contribution in [3.63, 3.8) is 0 Å². The summed E-state index contributed by atoms with van der Waals surface area (Å²) < 4.78 is 6.01. The number of oxime groups is 1. The van der Waals surface area contributed by atoms with E-state index in [9.17, 15) is 15.2 Å². The molecule has 3 aromatic rings. The molecule has 8 nitrogen and oxygen atoms in total. The molecular weight excluding hydrogens is 587 g/mol. The largest absolute Gasteiger partial charge is 0.489 e. The Balaban J connectivity index is 1.24. The molecule has 1 saturated carbocycles. The molecule has 2 aliphatic rings. The van der Waals surface area contributed by atoms with E-state index in [1.807, 2.05) is 11.8 Å². The first-order valence-electron chi connectivity index (χ1n) is 12.8. The van der Waals surface area contributed by atoms with Crippen LogP contribution in [0.2, 0.25) is 15.1 Å². The van der Waals surface area contributed by atoms with Crippen molar-refractivity contribution in [1.82, 2.24) is 4.98 Å². The fraction of sp³-hybridized carbons (Fsp3) is 0.267. The molecule has 11 heteroatoms. The van der Waals surface area contributed by atoms with Crippen LogP contribution in [0.4, 0.5) is 5.82 Å². The van der Waals surface area contributed by atoms with E-state index in [0.717, 1.165) is 24.2 Å².